The van der Waals surface area contributed by atoms with Gasteiger partial charge < -0.3 is 14.0 Å². The number of nitrogens with zero attached hydrogens (tertiary/aromatic N) is 2. The summed E-state index contributed by atoms with van der Waals surface area (Å²) in [5.41, 5.74) is 1.37. The molecule has 0 saturated carbocycles. The van der Waals surface area contributed by atoms with E-state index in [1.807, 2.05) is 35.9 Å². The molecule has 0 aliphatic heterocycles. The molecule has 1 heterocycles. The minimum absolute atomic E-state index is 0.302. The molecule has 0 saturated heterocycles. The van der Waals surface area contributed by atoms with Gasteiger partial charge in [0.05, 0.1) is 29.5 Å². The van der Waals surface area contributed by atoms with Gasteiger partial charge in [0, 0.05) is 12.6 Å². The Kier molecular flexibility index (Phi) is 4.59. The van der Waals surface area contributed by atoms with Gasteiger partial charge >= 0.3 is 0 Å². The molecular formula is C17H15ClN2O3S. The third-order valence-electron chi connectivity index (χ3n) is 3.59. The topological polar surface area (TPSA) is 52.8 Å². The number of halogens is 1. The van der Waals surface area contributed by atoms with E-state index in [9.17, 15) is 4.79 Å². The van der Waals surface area contributed by atoms with Crippen LogP contribution in [0.1, 0.15) is 10.4 Å². The molecular weight excluding hydrogens is 348 g/mol. The molecule has 0 radical (unpaired) electrons. The van der Waals surface area contributed by atoms with E-state index >= 15 is 0 Å². The molecule has 0 fully saturated rings. The predicted molar refractivity (Wildman–Crippen MR) is 95.2 cm³/mol. The van der Waals surface area contributed by atoms with Crippen molar-refractivity contribution >= 4 is 39.1 Å². The maximum absolute atomic E-state index is 12.5. The fourth-order valence-corrected chi connectivity index (χ4v) is 3.69. The van der Waals surface area contributed by atoms with Gasteiger partial charge in [-0.25, -0.2) is 0 Å². The van der Waals surface area contributed by atoms with Crippen molar-refractivity contribution in [1.82, 2.24) is 4.57 Å². The average molecular weight is 363 g/mol. The monoisotopic (exact) mass is 362 g/mol. The lowest BCUT2D eigenvalue weighted by Gasteiger charge is -2.10. The second kappa shape index (κ2) is 6.67. The molecule has 2 aromatic carbocycles. The Morgan fingerprint density at radius 3 is 2.62 bits per heavy atom. The van der Waals surface area contributed by atoms with Crippen molar-refractivity contribution in [3.63, 3.8) is 0 Å². The first kappa shape index (κ1) is 16.5. The number of fused-ring (bicyclic) bond motifs is 1. The number of hydrogen-bond donors (Lipinski definition) is 0. The molecule has 0 aliphatic rings. The van der Waals surface area contributed by atoms with Crippen LogP contribution in [-0.2, 0) is 7.05 Å². The number of para-hydroxylation sites is 1. The quantitative estimate of drug-likeness (QED) is 0.714. The smallest absolute Gasteiger partial charge is 0.279 e. The van der Waals surface area contributed by atoms with E-state index in [-0.39, 0.29) is 5.91 Å². The van der Waals surface area contributed by atoms with E-state index < -0.39 is 0 Å². The predicted octanol–water partition coefficient (Wildman–Crippen LogP) is 3.65. The summed E-state index contributed by atoms with van der Waals surface area (Å²) in [6, 6.07) is 11.0. The molecule has 0 spiro atoms. The molecule has 0 bridgehead atoms. The molecule has 1 aromatic heterocycles. The van der Waals surface area contributed by atoms with Crippen molar-refractivity contribution in [1.29, 1.82) is 0 Å². The Morgan fingerprint density at radius 1 is 1.21 bits per heavy atom. The number of methoxy groups -OCH3 is 2. The van der Waals surface area contributed by atoms with Crippen LogP contribution >= 0.6 is 22.9 Å². The van der Waals surface area contributed by atoms with Crippen LogP contribution in [-0.4, -0.2) is 24.7 Å². The fraction of sp³-hybridized carbons (Fsp3) is 0.176. The average Bonchev–Trinajstić information content (AvgIpc) is 2.90. The van der Waals surface area contributed by atoms with E-state index in [4.69, 9.17) is 21.1 Å². The molecule has 124 valence electrons. The van der Waals surface area contributed by atoms with Crippen molar-refractivity contribution in [2.45, 2.75) is 0 Å². The molecule has 0 atom stereocenters. The van der Waals surface area contributed by atoms with E-state index in [0.29, 0.717) is 26.9 Å². The zero-order chi connectivity index (χ0) is 17.3. The minimum Gasteiger partial charge on any atom is -0.493 e. The van der Waals surface area contributed by atoms with Crippen LogP contribution in [0.5, 0.6) is 11.5 Å². The number of rotatable bonds is 3. The summed E-state index contributed by atoms with van der Waals surface area (Å²) >= 11 is 7.61. The van der Waals surface area contributed by atoms with Gasteiger partial charge in [-0.15, -0.1) is 0 Å². The molecule has 0 unspecified atom stereocenters. The molecule has 3 aromatic rings. The lowest BCUT2D eigenvalue weighted by Crippen LogP contribution is -2.13. The Hall–Kier alpha value is -2.31. The summed E-state index contributed by atoms with van der Waals surface area (Å²) in [7, 11) is 4.87. The van der Waals surface area contributed by atoms with E-state index in [0.717, 1.165) is 10.2 Å². The highest BCUT2D eigenvalue weighted by atomic mass is 35.5. The zero-order valence-electron chi connectivity index (χ0n) is 13.4. The Labute approximate surface area is 147 Å². The van der Waals surface area contributed by atoms with E-state index in [1.165, 1.54) is 31.6 Å². The highest BCUT2D eigenvalue weighted by molar-refractivity contribution is 7.16. The molecule has 3 rings (SSSR count). The second-order valence-electron chi connectivity index (χ2n) is 5.02. The van der Waals surface area contributed by atoms with Crippen LogP contribution < -0.4 is 14.3 Å². The Balaban J connectivity index is 2.09. The van der Waals surface area contributed by atoms with Crippen LogP contribution in [0.3, 0.4) is 0 Å². The second-order valence-corrected chi connectivity index (χ2v) is 6.44. The number of carbonyl (C=O) groups is 1. The van der Waals surface area contributed by atoms with Gasteiger partial charge in [0.15, 0.2) is 16.3 Å². The normalized spacial score (nSPS) is 11.8. The fourth-order valence-electron chi connectivity index (χ4n) is 2.38. The summed E-state index contributed by atoms with van der Waals surface area (Å²) in [5, 5.41) is 0.302. The summed E-state index contributed by atoms with van der Waals surface area (Å²) in [4.78, 5) is 17.4. The number of benzene rings is 2. The van der Waals surface area contributed by atoms with Gasteiger partial charge in [-0.1, -0.05) is 35.1 Å². The van der Waals surface area contributed by atoms with E-state index in [2.05, 4.69) is 4.99 Å². The lowest BCUT2D eigenvalue weighted by atomic mass is 10.2. The number of hydrogen-bond acceptors (Lipinski definition) is 4. The van der Waals surface area contributed by atoms with Gasteiger partial charge in [0.2, 0.25) is 0 Å². The van der Waals surface area contributed by atoms with Crippen LogP contribution in [0.15, 0.2) is 41.4 Å². The highest BCUT2D eigenvalue weighted by Gasteiger charge is 2.15. The first-order chi connectivity index (χ1) is 11.5. The number of aromatic nitrogens is 1. The van der Waals surface area contributed by atoms with Gasteiger partial charge in [-0.05, 0) is 24.3 Å². The van der Waals surface area contributed by atoms with Gasteiger partial charge in [0.25, 0.3) is 5.91 Å². The van der Waals surface area contributed by atoms with Crippen molar-refractivity contribution in [2.24, 2.45) is 12.0 Å². The summed E-state index contributed by atoms with van der Waals surface area (Å²) in [6.45, 7) is 0. The maximum Gasteiger partial charge on any atom is 0.279 e. The molecule has 0 N–H and O–H groups in total. The summed E-state index contributed by atoms with van der Waals surface area (Å²) < 4.78 is 13.4. The van der Waals surface area contributed by atoms with Crippen LogP contribution in [0.25, 0.3) is 10.2 Å². The highest BCUT2D eigenvalue weighted by Crippen LogP contribution is 2.36. The van der Waals surface area contributed by atoms with Gasteiger partial charge in [-0.2, -0.15) is 4.99 Å². The number of thiazole rings is 1. The van der Waals surface area contributed by atoms with Gasteiger partial charge in [-0.3, -0.25) is 4.79 Å². The van der Waals surface area contributed by atoms with Crippen molar-refractivity contribution in [2.75, 3.05) is 14.2 Å². The SMILES string of the molecule is COc1cc(C(=O)N=c2sc3ccccc3n2C)cc(Cl)c1OC. The molecule has 1 amide bonds. The number of aryl methyl sites for hydroxylation is 1. The largest absolute Gasteiger partial charge is 0.493 e. The van der Waals surface area contributed by atoms with Crippen molar-refractivity contribution in [3.05, 3.63) is 51.8 Å². The first-order valence-electron chi connectivity index (χ1n) is 7.10. The van der Waals surface area contributed by atoms with E-state index in [1.54, 1.807) is 6.07 Å². The summed E-state index contributed by atoms with van der Waals surface area (Å²) in [5.74, 6) is 0.396. The Bertz CT molecular complexity index is 991. The standard InChI is InChI=1S/C17H15ClN2O3S/c1-20-12-6-4-5-7-14(12)24-17(20)19-16(21)10-8-11(18)15(23-3)13(9-10)22-2/h4-9H,1-3H3. The van der Waals surface area contributed by atoms with Crippen LogP contribution in [0.4, 0.5) is 0 Å². The van der Waals surface area contributed by atoms with Crippen molar-refractivity contribution in [3.8, 4) is 11.5 Å². The van der Waals surface area contributed by atoms with Crippen molar-refractivity contribution < 1.29 is 14.3 Å². The van der Waals surface area contributed by atoms with Crippen LogP contribution in [0, 0.1) is 0 Å². The zero-order valence-corrected chi connectivity index (χ0v) is 14.9. The molecule has 5 nitrogen and oxygen atoms in total. The lowest BCUT2D eigenvalue weighted by molar-refractivity contribution is 0.0997. The molecule has 24 heavy (non-hydrogen) atoms. The number of ether oxygens (including phenoxy) is 2. The maximum atomic E-state index is 12.5. The summed E-state index contributed by atoms with van der Waals surface area (Å²) in [6.07, 6.45) is 0. The third-order valence-corrected chi connectivity index (χ3v) is 4.99. The first-order valence-corrected chi connectivity index (χ1v) is 8.29. The molecule has 0 aliphatic carbocycles. The number of amides is 1. The minimum atomic E-state index is -0.389. The number of carbonyl (C=O) groups excluding carboxylic acids is 1. The third kappa shape index (κ3) is 2.90. The molecule has 7 heteroatoms. The van der Waals surface area contributed by atoms with Gasteiger partial charge in [0.1, 0.15) is 0 Å². The van der Waals surface area contributed by atoms with Crippen LogP contribution in [0.2, 0.25) is 5.02 Å². The Morgan fingerprint density at radius 2 is 1.96 bits per heavy atom.